The maximum atomic E-state index is 11.6. The second-order valence-corrected chi connectivity index (χ2v) is 5.82. The Morgan fingerprint density at radius 2 is 2.00 bits per heavy atom. The number of amides is 2. The van der Waals surface area contributed by atoms with Gasteiger partial charge in [0.2, 0.25) is 0 Å². The Labute approximate surface area is 107 Å². The minimum atomic E-state index is -0.799. The molecule has 0 aliphatic heterocycles. The molecule has 0 heterocycles. The Kier molecular flexibility index (Phi) is 3.78. The zero-order valence-electron chi connectivity index (χ0n) is 10.9. The molecule has 0 spiro atoms. The summed E-state index contributed by atoms with van der Waals surface area (Å²) in [4.78, 5) is 22.5. The van der Waals surface area contributed by atoms with Gasteiger partial charge in [-0.1, -0.05) is 19.8 Å². The predicted octanol–water partition coefficient (Wildman–Crippen LogP) is 1.59. The molecule has 0 radical (unpaired) electrons. The maximum Gasteiger partial charge on any atom is 0.314 e. The van der Waals surface area contributed by atoms with Crippen molar-refractivity contribution in [1.82, 2.24) is 10.6 Å². The first-order valence-electron chi connectivity index (χ1n) is 6.79. The van der Waals surface area contributed by atoms with Crippen LogP contribution in [-0.2, 0) is 4.79 Å². The number of nitrogens with one attached hydrogen (secondary N) is 2. The molecule has 0 bridgehead atoms. The third kappa shape index (κ3) is 2.94. The summed E-state index contributed by atoms with van der Waals surface area (Å²) in [5.74, 6) is 0.455. The van der Waals surface area contributed by atoms with Gasteiger partial charge in [0.15, 0.2) is 0 Å². The van der Waals surface area contributed by atoms with E-state index in [9.17, 15) is 9.59 Å². The fourth-order valence-electron chi connectivity index (χ4n) is 2.68. The molecule has 3 N–H and O–H groups in total. The number of hydrogen-bond acceptors (Lipinski definition) is 2. The number of hydrogen-bond donors (Lipinski definition) is 3. The van der Waals surface area contributed by atoms with Gasteiger partial charge < -0.3 is 15.7 Å². The van der Waals surface area contributed by atoms with Crippen LogP contribution < -0.4 is 10.6 Å². The van der Waals surface area contributed by atoms with Crippen LogP contribution in [0.4, 0.5) is 4.79 Å². The molecule has 5 nitrogen and oxygen atoms in total. The number of carbonyl (C=O) groups is 2. The van der Waals surface area contributed by atoms with Crippen molar-refractivity contribution in [2.45, 2.75) is 39.0 Å². The van der Waals surface area contributed by atoms with Crippen LogP contribution in [0.15, 0.2) is 0 Å². The van der Waals surface area contributed by atoms with Crippen LogP contribution in [0.3, 0.4) is 0 Å². The van der Waals surface area contributed by atoms with Crippen molar-refractivity contribution in [3.63, 3.8) is 0 Å². The third-order valence-corrected chi connectivity index (χ3v) is 4.46. The van der Waals surface area contributed by atoms with Crippen LogP contribution in [0.5, 0.6) is 0 Å². The lowest BCUT2D eigenvalue weighted by atomic mass is 9.98. The first kappa shape index (κ1) is 13.2. The molecule has 0 aromatic heterocycles. The van der Waals surface area contributed by atoms with E-state index in [4.69, 9.17) is 5.11 Å². The van der Waals surface area contributed by atoms with Gasteiger partial charge in [-0.3, -0.25) is 4.79 Å². The van der Waals surface area contributed by atoms with E-state index in [1.165, 1.54) is 19.3 Å². The second-order valence-electron chi connectivity index (χ2n) is 5.82. The highest BCUT2D eigenvalue weighted by Crippen LogP contribution is 2.45. The summed E-state index contributed by atoms with van der Waals surface area (Å²) in [7, 11) is 0. The Balaban J connectivity index is 1.65. The summed E-state index contributed by atoms with van der Waals surface area (Å²) in [5, 5.41) is 14.5. The summed E-state index contributed by atoms with van der Waals surface area (Å²) in [5.41, 5.74) is -0.683. The average Bonchev–Trinajstić information content (AvgIpc) is 3.02. The van der Waals surface area contributed by atoms with Crippen LogP contribution in [0.2, 0.25) is 0 Å². The first-order valence-corrected chi connectivity index (χ1v) is 6.79. The summed E-state index contributed by atoms with van der Waals surface area (Å²) in [6, 6.07) is -0.235. The van der Waals surface area contributed by atoms with E-state index in [1.54, 1.807) is 0 Å². The predicted molar refractivity (Wildman–Crippen MR) is 67.2 cm³/mol. The van der Waals surface area contributed by atoms with Gasteiger partial charge in [-0.15, -0.1) is 0 Å². The van der Waals surface area contributed by atoms with Crippen molar-refractivity contribution >= 4 is 12.0 Å². The van der Waals surface area contributed by atoms with Gasteiger partial charge in [0.25, 0.3) is 0 Å². The van der Waals surface area contributed by atoms with Crippen LogP contribution in [0, 0.1) is 17.3 Å². The van der Waals surface area contributed by atoms with Gasteiger partial charge in [-0.25, -0.2) is 4.79 Å². The van der Waals surface area contributed by atoms with Gasteiger partial charge in [-0.05, 0) is 31.1 Å². The van der Waals surface area contributed by atoms with Crippen molar-refractivity contribution in [2.75, 3.05) is 13.1 Å². The number of rotatable bonds is 5. The lowest BCUT2D eigenvalue weighted by Gasteiger charge is -2.17. The normalized spacial score (nSPS) is 28.7. The Hall–Kier alpha value is -1.26. The molecule has 2 rings (SSSR count). The van der Waals surface area contributed by atoms with Gasteiger partial charge >= 0.3 is 12.0 Å². The quantitative estimate of drug-likeness (QED) is 0.697. The second kappa shape index (κ2) is 5.16. The minimum absolute atomic E-state index is 0.235. The van der Waals surface area contributed by atoms with Crippen LogP contribution in [0.25, 0.3) is 0 Å². The summed E-state index contributed by atoms with van der Waals surface area (Å²) in [6.45, 7) is 3.17. The molecule has 0 aromatic carbocycles. The zero-order valence-corrected chi connectivity index (χ0v) is 10.9. The largest absolute Gasteiger partial charge is 0.481 e. The molecule has 2 unspecified atom stereocenters. The molecule has 2 amide bonds. The number of urea groups is 1. The molecule has 2 aliphatic carbocycles. The average molecular weight is 254 g/mol. The first-order chi connectivity index (χ1) is 8.53. The number of aliphatic carboxylic acids is 1. The molecule has 5 heteroatoms. The molecule has 2 aliphatic rings. The van der Waals surface area contributed by atoms with E-state index in [0.717, 1.165) is 0 Å². The minimum Gasteiger partial charge on any atom is -0.481 e. The van der Waals surface area contributed by atoms with Crippen molar-refractivity contribution in [3.05, 3.63) is 0 Å². The highest BCUT2D eigenvalue weighted by atomic mass is 16.4. The van der Waals surface area contributed by atoms with Gasteiger partial charge in [-0.2, -0.15) is 0 Å². The lowest BCUT2D eigenvalue weighted by Crippen LogP contribution is -2.42. The smallest absolute Gasteiger partial charge is 0.314 e. The number of carboxylic acids is 1. The molecule has 0 aromatic rings. The molecular formula is C13H22N2O3. The molecule has 2 fully saturated rings. The maximum absolute atomic E-state index is 11.6. The highest BCUT2D eigenvalue weighted by molar-refractivity contribution is 5.80. The van der Waals surface area contributed by atoms with Crippen molar-refractivity contribution in [2.24, 2.45) is 17.3 Å². The van der Waals surface area contributed by atoms with Crippen LogP contribution >= 0.6 is 0 Å². The van der Waals surface area contributed by atoms with Crippen molar-refractivity contribution in [1.29, 1.82) is 0 Å². The van der Waals surface area contributed by atoms with E-state index in [1.807, 2.05) is 0 Å². The van der Waals surface area contributed by atoms with E-state index < -0.39 is 11.4 Å². The van der Waals surface area contributed by atoms with E-state index in [2.05, 4.69) is 17.6 Å². The summed E-state index contributed by atoms with van der Waals surface area (Å²) in [6.07, 6.45) is 5.01. The monoisotopic (exact) mass is 254 g/mol. The topological polar surface area (TPSA) is 78.4 Å². The molecule has 0 saturated heterocycles. The van der Waals surface area contributed by atoms with E-state index in [0.29, 0.717) is 31.2 Å². The summed E-state index contributed by atoms with van der Waals surface area (Å²) >= 11 is 0. The highest BCUT2D eigenvalue weighted by Gasteiger charge is 2.50. The van der Waals surface area contributed by atoms with Crippen LogP contribution in [-0.4, -0.2) is 30.2 Å². The molecular weight excluding hydrogens is 232 g/mol. The molecule has 18 heavy (non-hydrogen) atoms. The molecule has 2 atom stereocenters. The molecule has 2 saturated carbocycles. The number of carbonyl (C=O) groups excluding carboxylic acids is 1. The fourth-order valence-corrected chi connectivity index (χ4v) is 2.68. The Morgan fingerprint density at radius 1 is 1.28 bits per heavy atom. The lowest BCUT2D eigenvalue weighted by molar-refractivity contribution is -0.143. The molecule has 102 valence electrons. The van der Waals surface area contributed by atoms with Gasteiger partial charge in [0.05, 0.1) is 5.41 Å². The Morgan fingerprint density at radius 3 is 2.50 bits per heavy atom. The van der Waals surface area contributed by atoms with Crippen molar-refractivity contribution in [3.8, 4) is 0 Å². The standard InChI is InChI=1S/C13H22N2O3/c1-9-3-2-4-10(9)7-14-12(18)15-8-13(5-6-13)11(16)17/h9-10H,2-8H2,1H3,(H,16,17)(H2,14,15,18). The van der Waals surface area contributed by atoms with Crippen LogP contribution in [0.1, 0.15) is 39.0 Å². The van der Waals surface area contributed by atoms with Crippen molar-refractivity contribution < 1.29 is 14.7 Å². The summed E-state index contributed by atoms with van der Waals surface area (Å²) < 4.78 is 0. The number of carboxylic acid groups (broad SMARTS) is 1. The van der Waals surface area contributed by atoms with E-state index >= 15 is 0 Å². The van der Waals surface area contributed by atoms with E-state index in [-0.39, 0.29) is 12.6 Å². The van der Waals surface area contributed by atoms with Gasteiger partial charge in [0, 0.05) is 13.1 Å². The van der Waals surface area contributed by atoms with Gasteiger partial charge in [0.1, 0.15) is 0 Å². The SMILES string of the molecule is CC1CCCC1CNC(=O)NCC1(C(=O)O)CC1. The third-order valence-electron chi connectivity index (χ3n) is 4.46. The Bertz CT molecular complexity index is 339. The fraction of sp³-hybridized carbons (Fsp3) is 0.846. The zero-order chi connectivity index (χ0) is 13.2.